The summed E-state index contributed by atoms with van der Waals surface area (Å²) in [6.45, 7) is 4.58. The predicted octanol–water partition coefficient (Wildman–Crippen LogP) is 7.42. The maximum atomic E-state index is 13.6. The zero-order valence-electron chi connectivity index (χ0n) is 22.2. The van der Waals surface area contributed by atoms with E-state index in [1.54, 1.807) is 23.6 Å². The third-order valence-corrected chi connectivity index (χ3v) is 7.59. The van der Waals surface area contributed by atoms with Crippen LogP contribution in [0.1, 0.15) is 53.9 Å². The van der Waals surface area contributed by atoms with E-state index >= 15 is 0 Å². The minimum atomic E-state index is -1.19. The molecule has 0 aliphatic carbocycles. The van der Waals surface area contributed by atoms with Crippen LogP contribution in [0.25, 0.3) is 22.1 Å². The van der Waals surface area contributed by atoms with Crippen molar-refractivity contribution in [3.63, 3.8) is 0 Å². The molecule has 0 bridgehead atoms. The molecule has 3 heterocycles. The lowest BCUT2D eigenvalue weighted by atomic mass is 10.0. The first-order valence-electron chi connectivity index (χ1n) is 12.9. The fourth-order valence-corrected chi connectivity index (χ4v) is 5.31. The van der Waals surface area contributed by atoms with Crippen molar-refractivity contribution in [1.82, 2.24) is 15.3 Å². The molecule has 1 unspecified atom stereocenters. The number of allylic oxidation sites excluding steroid dienone is 3. The van der Waals surface area contributed by atoms with Gasteiger partial charge in [0, 0.05) is 34.5 Å². The van der Waals surface area contributed by atoms with Gasteiger partial charge in [-0.3, -0.25) is 10.3 Å². The lowest BCUT2D eigenvalue weighted by molar-refractivity contribution is 0.133. The van der Waals surface area contributed by atoms with Crippen LogP contribution in [-0.2, 0) is 13.1 Å². The number of hydrogen-bond donors (Lipinski definition) is 3. The summed E-state index contributed by atoms with van der Waals surface area (Å²) in [7, 11) is 0. The van der Waals surface area contributed by atoms with Crippen molar-refractivity contribution in [3.8, 4) is 10.4 Å². The molecule has 204 valence electrons. The zero-order chi connectivity index (χ0) is 28.1. The molecule has 1 aliphatic heterocycles. The maximum Gasteiger partial charge on any atom is 0.159 e. The molecule has 6 nitrogen and oxygen atoms in total. The number of hydrogen-bond acceptors (Lipinski definition) is 7. The van der Waals surface area contributed by atoms with E-state index < -0.39 is 17.9 Å². The molecule has 4 aromatic rings. The van der Waals surface area contributed by atoms with Crippen LogP contribution >= 0.6 is 11.3 Å². The Kier molecular flexibility index (Phi) is 8.54. The van der Waals surface area contributed by atoms with Gasteiger partial charge < -0.3 is 10.4 Å². The van der Waals surface area contributed by atoms with Gasteiger partial charge in [-0.2, -0.15) is 0 Å². The van der Waals surface area contributed by atoms with Crippen molar-refractivity contribution >= 4 is 40.7 Å². The third kappa shape index (κ3) is 6.39. The zero-order valence-corrected chi connectivity index (χ0v) is 23.0. The predicted molar refractivity (Wildman–Crippen MR) is 158 cm³/mol. The second kappa shape index (κ2) is 12.4. The SMILES string of the molecule is C/C=C/c1cnc(NCc2ccc(-c3ccc4c(c3)C(C)=CCC=N4)s2)c(C(O)NCc2ccc(F)c(F)c2)n1. The van der Waals surface area contributed by atoms with Gasteiger partial charge in [-0.15, -0.1) is 11.3 Å². The Balaban J connectivity index is 1.31. The highest BCUT2D eigenvalue weighted by Crippen LogP contribution is 2.35. The highest BCUT2D eigenvalue weighted by atomic mass is 32.1. The number of fused-ring (bicyclic) bond motifs is 1. The van der Waals surface area contributed by atoms with Crippen molar-refractivity contribution in [1.29, 1.82) is 0 Å². The summed E-state index contributed by atoms with van der Waals surface area (Å²) in [6.07, 6.45) is 9.01. The first kappa shape index (κ1) is 27.5. The Morgan fingerprint density at radius 1 is 1.07 bits per heavy atom. The second-order valence-electron chi connectivity index (χ2n) is 9.35. The Hall–Kier alpha value is -4.05. The molecule has 9 heteroatoms. The minimum absolute atomic E-state index is 0.113. The van der Waals surface area contributed by atoms with Crippen LogP contribution in [0.4, 0.5) is 20.3 Å². The van der Waals surface area contributed by atoms with Crippen molar-refractivity contribution in [2.75, 3.05) is 5.32 Å². The molecule has 2 aromatic heterocycles. The van der Waals surface area contributed by atoms with Gasteiger partial charge in [0.1, 0.15) is 5.69 Å². The summed E-state index contributed by atoms with van der Waals surface area (Å²) in [5.41, 5.74) is 5.87. The van der Waals surface area contributed by atoms with Crippen LogP contribution in [0.5, 0.6) is 0 Å². The molecular formula is C31H29F2N5OS. The van der Waals surface area contributed by atoms with E-state index in [0.717, 1.165) is 45.1 Å². The topological polar surface area (TPSA) is 82.4 Å². The van der Waals surface area contributed by atoms with E-state index in [0.29, 0.717) is 29.3 Å². The van der Waals surface area contributed by atoms with Crippen molar-refractivity contribution < 1.29 is 13.9 Å². The van der Waals surface area contributed by atoms with E-state index in [4.69, 9.17) is 0 Å². The molecule has 0 saturated heterocycles. The molecule has 0 radical (unpaired) electrons. The molecule has 1 aliphatic rings. The Morgan fingerprint density at radius 3 is 2.77 bits per heavy atom. The fraction of sp³-hybridized carbons (Fsp3) is 0.194. The van der Waals surface area contributed by atoms with Gasteiger partial charge in [-0.25, -0.2) is 18.7 Å². The fourth-order valence-electron chi connectivity index (χ4n) is 4.36. The van der Waals surface area contributed by atoms with Crippen LogP contribution in [-0.4, -0.2) is 21.3 Å². The van der Waals surface area contributed by atoms with E-state index in [2.05, 4.69) is 68.9 Å². The van der Waals surface area contributed by atoms with Crippen LogP contribution < -0.4 is 10.6 Å². The summed E-state index contributed by atoms with van der Waals surface area (Å²) in [4.78, 5) is 15.8. The van der Waals surface area contributed by atoms with Gasteiger partial charge in [0.05, 0.1) is 24.1 Å². The van der Waals surface area contributed by atoms with Crippen LogP contribution in [0.15, 0.2) is 71.9 Å². The van der Waals surface area contributed by atoms with Gasteiger partial charge in [-0.05, 0) is 73.0 Å². The largest absolute Gasteiger partial charge is 0.372 e. The van der Waals surface area contributed by atoms with E-state index in [-0.39, 0.29) is 6.54 Å². The smallest absolute Gasteiger partial charge is 0.159 e. The van der Waals surface area contributed by atoms with Gasteiger partial charge in [0.25, 0.3) is 0 Å². The monoisotopic (exact) mass is 557 g/mol. The lowest BCUT2D eigenvalue weighted by Crippen LogP contribution is -2.23. The average molecular weight is 558 g/mol. The standard InChI is InChI=1S/C31H29F2N5OS/c1-3-5-22-17-35-30(29(38-22)31(39)37-16-20-7-10-25(32)26(33)14-20)36-18-23-9-12-28(40-23)21-8-11-27-24(15-21)19(2)6-4-13-34-27/h3,5-15,17,31,37,39H,4,16,18H2,1-2H3,(H,35,36)/b5-3+. The number of aliphatic hydroxyl groups is 1. The minimum Gasteiger partial charge on any atom is -0.372 e. The van der Waals surface area contributed by atoms with Gasteiger partial charge >= 0.3 is 0 Å². The highest BCUT2D eigenvalue weighted by Gasteiger charge is 2.17. The highest BCUT2D eigenvalue weighted by molar-refractivity contribution is 7.15. The molecule has 3 N–H and O–H groups in total. The molecule has 0 saturated carbocycles. The molecule has 40 heavy (non-hydrogen) atoms. The average Bonchev–Trinajstić information content (AvgIpc) is 3.36. The Labute approximate surface area is 235 Å². The number of nitrogens with zero attached hydrogens (tertiary/aromatic N) is 3. The number of anilines is 1. The van der Waals surface area contributed by atoms with Gasteiger partial charge in [-0.1, -0.05) is 24.3 Å². The molecule has 0 fully saturated rings. The summed E-state index contributed by atoms with van der Waals surface area (Å²) >= 11 is 1.67. The van der Waals surface area contributed by atoms with Crippen LogP contribution in [0.2, 0.25) is 0 Å². The summed E-state index contributed by atoms with van der Waals surface area (Å²) in [5, 5.41) is 17.1. The van der Waals surface area contributed by atoms with E-state index in [1.807, 2.05) is 19.2 Å². The number of thiophene rings is 1. The molecule has 0 amide bonds. The second-order valence-corrected chi connectivity index (χ2v) is 10.5. The summed E-state index contributed by atoms with van der Waals surface area (Å²) < 4.78 is 26.9. The molecular weight excluding hydrogens is 528 g/mol. The Morgan fingerprint density at radius 2 is 1.95 bits per heavy atom. The first-order valence-corrected chi connectivity index (χ1v) is 13.7. The molecule has 0 spiro atoms. The van der Waals surface area contributed by atoms with Crippen LogP contribution in [0, 0.1) is 11.6 Å². The van der Waals surface area contributed by atoms with Crippen molar-refractivity contribution in [3.05, 3.63) is 106 Å². The molecule has 5 rings (SSSR count). The number of benzene rings is 2. The van der Waals surface area contributed by atoms with E-state index in [9.17, 15) is 13.9 Å². The lowest BCUT2D eigenvalue weighted by Gasteiger charge is -2.17. The van der Waals surface area contributed by atoms with E-state index in [1.165, 1.54) is 11.6 Å². The van der Waals surface area contributed by atoms with Crippen molar-refractivity contribution in [2.45, 2.75) is 39.6 Å². The number of aliphatic imine (C=N–C) groups is 1. The number of nitrogens with one attached hydrogen (secondary N) is 2. The van der Waals surface area contributed by atoms with Gasteiger partial charge in [0.2, 0.25) is 0 Å². The van der Waals surface area contributed by atoms with Gasteiger partial charge in [0.15, 0.2) is 23.7 Å². The number of aliphatic hydroxyl groups excluding tert-OH is 1. The first-order chi connectivity index (χ1) is 19.4. The van der Waals surface area contributed by atoms with Crippen LogP contribution in [0.3, 0.4) is 0 Å². The quantitative estimate of drug-likeness (QED) is 0.187. The maximum absolute atomic E-state index is 13.6. The number of aromatic nitrogens is 2. The van der Waals surface area contributed by atoms with Crippen molar-refractivity contribution in [2.24, 2.45) is 4.99 Å². The third-order valence-electron chi connectivity index (χ3n) is 6.46. The molecule has 1 atom stereocenters. The summed E-state index contributed by atoms with van der Waals surface area (Å²) in [5.74, 6) is -1.43. The number of rotatable bonds is 9. The summed E-state index contributed by atoms with van der Waals surface area (Å²) in [6, 6.07) is 14.1. The Bertz CT molecular complexity index is 1610. The normalized spacial score (nSPS) is 13.7. The number of halogens is 2. The molecule has 2 aromatic carbocycles.